The molecule has 4 aromatic rings. The Hall–Kier alpha value is -4.06. The van der Waals surface area contributed by atoms with Gasteiger partial charge in [-0.25, -0.2) is 28.7 Å². The number of nitrogens with one attached hydrogen (secondary N) is 1. The molecule has 5 rings (SSSR count). The highest BCUT2D eigenvalue weighted by Gasteiger charge is 2.23. The number of carbonyl (C=O) groups is 1. The molecular formula is C27H29F3N8O. The van der Waals surface area contributed by atoms with Crippen molar-refractivity contribution >= 4 is 28.7 Å². The molecule has 1 aromatic carbocycles. The van der Waals surface area contributed by atoms with Crippen LogP contribution in [0.15, 0.2) is 30.5 Å². The summed E-state index contributed by atoms with van der Waals surface area (Å²) in [5.74, 6) is -2.10. The zero-order valence-electron chi connectivity index (χ0n) is 22.2. The van der Waals surface area contributed by atoms with Crippen LogP contribution < -0.4 is 5.32 Å². The van der Waals surface area contributed by atoms with Gasteiger partial charge < -0.3 is 19.7 Å². The number of nitrogens with zero attached hydrogens (tertiary/aromatic N) is 7. The topological polar surface area (TPSA) is 92.1 Å². The molecule has 0 bridgehead atoms. The van der Waals surface area contributed by atoms with E-state index in [9.17, 15) is 18.0 Å². The van der Waals surface area contributed by atoms with E-state index in [1.54, 1.807) is 17.9 Å². The SMILES string of the molecule is Cc1nc2c(F)cc(-c3nc(Nc4ccc(C(=O)N5CCCN(C)CC5)c(F)n4)ncc3F)cc2n1C(C)C. The average Bonchev–Trinajstić information content (AvgIpc) is 3.08. The molecule has 1 saturated heterocycles. The maximum absolute atomic E-state index is 14.9. The third-order valence-electron chi connectivity index (χ3n) is 6.78. The summed E-state index contributed by atoms with van der Waals surface area (Å²) in [6, 6.07) is 5.60. The summed E-state index contributed by atoms with van der Waals surface area (Å²) >= 11 is 0. The van der Waals surface area contributed by atoms with E-state index < -0.39 is 23.5 Å². The molecular weight excluding hydrogens is 509 g/mol. The van der Waals surface area contributed by atoms with Gasteiger partial charge in [-0.05, 0) is 65.0 Å². The molecule has 12 heteroatoms. The number of likely N-dealkylation sites (N-methyl/N-ethyl adjacent to an activating group) is 1. The number of imidazole rings is 1. The van der Waals surface area contributed by atoms with E-state index in [1.807, 2.05) is 25.5 Å². The molecule has 1 amide bonds. The van der Waals surface area contributed by atoms with E-state index in [1.165, 1.54) is 18.2 Å². The number of aromatic nitrogens is 5. The molecule has 1 N–H and O–H groups in total. The van der Waals surface area contributed by atoms with Crippen molar-refractivity contribution in [2.45, 2.75) is 33.2 Å². The minimum Gasteiger partial charge on any atom is -0.337 e. The normalized spacial score (nSPS) is 14.7. The number of hydrogen-bond donors (Lipinski definition) is 1. The van der Waals surface area contributed by atoms with Crippen molar-refractivity contribution in [2.24, 2.45) is 0 Å². The first-order chi connectivity index (χ1) is 18.6. The minimum atomic E-state index is -0.935. The second-order valence-electron chi connectivity index (χ2n) is 9.95. The Bertz CT molecular complexity index is 1550. The van der Waals surface area contributed by atoms with E-state index >= 15 is 0 Å². The summed E-state index contributed by atoms with van der Waals surface area (Å²) < 4.78 is 46.5. The highest BCUT2D eigenvalue weighted by Crippen LogP contribution is 2.30. The second kappa shape index (κ2) is 10.6. The Balaban J connectivity index is 1.41. The second-order valence-corrected chi connectivity index (χ2v) is 9.95. The van der Waals surface area contributed by atoms with Crippen LogP contribution in [0, 0.1) is 24.5 Å². The molecule has 4 heterocycles. The molecule has 1 aliphatic rings. The van der Waals surface area contributed by atoms with Gasteiger partial charge in [-0.2, -0.15) is 4.39 Å². The van der Waals surface area contributed by atoms with E-state index in [0.29, 0.717) is 31.0 Å². The summed E-state index contributed by atoms with van der Waals surface area (Å²) in [5, 5.41) is 2.75. The summed E-state index contributed by atoms with van der Waals surface area (Å²) in [4.78, 5) is 32.9. The molecule has 0 unspecified atom stereocenters. The Morgan fingerprint density at radius 1 is 1.00 bits per heavy atom. The Labute approximate surface area is 223 Å². The number of anilines is 2. The molecule has 0 aliphatic carbocycles. The lowest BCUT2D eigenvalue weighted by Crippen LogP contribution is -2.35. The maximum atomic E-state index is 14.9. The molecule has 3 aromatic heterocycles. The van der Waals surface area contributed by atoms with Crippen molar-refractivity contribution < 1.29 is 18.0 Å². The zero-order chi connectivity index (χ0) is 27.8. The van der Waals surface area contributed by atoms with Crippen LogP contribution in [0.4, 0.5) is 24.9 Å². The largest absolute Gasteiger partial charge is 0.337 e. The summed E-state index contributed by atoms with van der Waals surface area (Å²) in [5.41, 5.74) is 0.643. The number of hydrogen-bond acceptors (Lipinski definition) is 7. The van der Waals surface area contributed by atoms with Crippen LogP contribution in [0.2, 0.25) is 0 Å². The Kier molecular flexibility index (Phi) is 7.21. The van der Waals surface area contributed by atoms with Crippen LogP contribution >= 0.6 is 0 Å². The molecule has 9 nitrogen and oxygen atoms in total. The number of benzene rings is 1. The lowest BCUT2D eigenvalue weighted by atomic mass is 10.1. The van der Waals surface area contributed by atoms with E-state index in [4.69, 9.17) is 0 Å². The van der Waals surface area contributed by atoms with Gasteiger partial charge in [0.2, 0.25) is 11.9 Å². The zero-order valence-corrected chi connectivity index (χ0v) is 22.2. The monoisotopic (exact) mass is 538 g/mol. The number of halogens is 3. The number of rotatable bonds is 5. The molecule has 0 radical (unpaired) electrons. The first-order valence-corrected chi connectivity index (χ1v) is 12.7. The third-order valence-corrected chi connectivity index (χ3v) is 6.78. The number of aryl methyl sites for hydroxylation is 1. The number of carbonyl (C=O) groups excluding carboxylic acids is 1. The molecule has 0 atom stereocenters. The van der Waals surface area contributed by atoms with Crippen LogP contribution in [0.1, 0.15) is 42.5 Å². The van der Waals surface area contributed by atoms with Crippen molar-refractivity contribution in [3.05, 3.63) is 59.4 Å². The van der Waals surface area contributed by atoms with Crippen LogP contribution in [0.5, 0.6) is 0 Å². The predicted octanol–water partition coefficient (Wildman–Crippen LogP) is 4.72. The van der Waals surface area contributed by atoms with Crippen molar-refractivity contribution in [2.75, 3.05) is 38.5 Å². The summed E-state index contributed by atoms with van der Waals surface area (Å²) in [6.07, 6.45) is 1.75. The Morgan fingerprint density at radius 3 is 2.54 bits per heavy atom. The highest BCUT2D eigenvalue weighted by atomic mass is 19.1. The van der Waals surface area contributed by atoms with Gasteiger partial charge in [0.25, 0.3) is 5.91 Å². The molecule has 0 spiro atoms. The minimum absolute atomic E-state index is 0.00800. The smallest absolute Gasteiger partial charge is 0.258 e. The van der Waals surface area contributed by atoms with E-state index in [0.717, 1.165) is 19.2 Å². The van der Waals surface area contributed by atoms with Crippen LogP contribution in [-0.2, 0) is 0 Å². The third kappa shape index (κ3) is 5.29. The van der Waals surface area contributed by atoms with E-state index in [2.05, 4.69) is 30.2 Å². The van der Waals surface area contributed by atoms with Gasteiger partial charge in [0, 0.05) is 31.2 Å². The first kappa shape index (κ1) is 26.5. The van der Waals surface area contributed by atoms with Crippen molar-refractivity contribution in [3.63, 3.8) is 0 Å². The lowest BCUT2D eigenvalue weighted by molar-refractivity contribution is 0.0757. The molecule has 1 aliphatic heterocycles. The maximum Gasteiger partial charge on any atom is 0.258 e. The van der Waals surface area contributed by atoms with Gasteiger partial charge in [-0.3, -0.25) is 4.79 Å². The van der Waals surface area contributed by atoms with Crippen LogP contribution in [-0.4, -0.2) is 73.4 Å². The number of amides is 1. The van der Waals surface area contributed by atoms with Crippen LogP contribution in [0.25, 0.3) is 22.3 Å². The van der Waals surface area contributed by atoms with Gasteiger partial charge in [-0.15, -0.1) is 0 Å². The number of fused-ring (bicyclic) bond motifs is 1. The fourth-order valence-corrected chi connectivity index (χ4v) is 4.89. The lowest BCUT2D eigenvalue weighted by Gasteiger charge is -2.20. The van der Waals surface area contributed by atoms with Gasteiger partial charge in [0.05, 0.1) is 17.3 Å². The van der Waals surface area contributed by atoms with Crippen LogP contribution in [0.3, 0.4) is 0 Å². The molecule has 0 saturated carbocycles. The van der Waals surface area contributed by atoms with Gasteiger partial charge in [0.1, 0.15) is 22.9 Å². The number of pyridine rings is 1. The average molecular weight is 539 g/mol. The van der Waals surface area contributed by atoms with Gasteiger partial charge in [-0.1, -0.05) is 0 Å². The fourth-order valence-electron chi connectivity index (χ4n) is 4.89. The quantitative estimate of drug-likeness (QED) is 0.368. The molecule has 39 heavy (non-hydrogen) atoms. The molecule has 1 fully saturated rings. The summed E-state index contributed by atoms with van der Waals surface area (Å²) in [6.45, 7) is 8.30. The van der Waals surface area contributed by atoms with E-state index in [-0.39, 0.29) is 40.1 Å². The standard InChI is InChI=1S/C27H29F3N8O/c1-15(2)38-16(3)32-24-19(28)12-17(13-21(24)38)23-20(29)14-31-27(35-23)34-22-7-6-18(25(30)33-22)26(39)37-9-5-8-36(4)10-11-37/h6-7,12-15H,5,8-11H2,1-4H3,(H,31,33,34,35). The predicted molar refractivity (Wildman–Crippen MR) is 141 cm³/mol. The van der Waals surface area contributed by atoms with Crippen molar-refractivity contribution in [1.82, 2.24) is 34.3 Å². The van der Waals surface area contributed by atoms with Gasteiger partial charge in [0.15, 0.2) is 11.6 Å². The van der Waals surface area contributed by atoms with Gasteiger partial charge >= 0.3 is 0 Å². The fraction of sp³-hybridized carbons (Fsp3) is 0.370. The van der Waals surface area contributed by atoms with Crippen molar-refractivity contribution in [1.29, 1.82) is 0 Å². The highest BCUT2D eigenvalue weighted by molar-refractivity contribution is 5.94. The van der Waals surface area contributed by atoms with Crippen molar-refractivity contribution in [3.8, 4) is 11.3 Å². The first-order valence-electron chi connectivity index (χ1n) is 12.7. The summed E-state index contributed by atoms with van der Waals surface area (Å²) in [7, 11) is 1.98. The Morgan fingerprint density at radius 2 is 1.79 bits per heavy atom. The molecule has 204 valence electrons.